The first-order valence-corrected chi connectivity index (χ1v) is 4.45. The predicted molar refractivity (Wildman–Crippen MR) is 42.9 cm³/mol. The average molecular weight is 139 g/mol. The first-order valence-electron chi connectivity index (χ1n) is 4.45. The number of rotatable bonds is 1. The standard InChI is InChI=1S/C9H17N/c1-9(2)8(5-6-10-9)7-3-4-7/h7-8,10H,3-6H2,1-2H3. The van der Waals surface area contributed by atoms with Gasteiger partial charge in [0.1, 0.15) is 0 Å². The van der Waals surface area contributed by atoms with Crippen LogP contribution in [0.25, 0.3) is 0 Å². The third-order valence-electron chi connectivity index (χ3n) is 3.15. The van der Waals surface area contributed by atoms with Crippen molar-refractivity contribution in [3.63, 3.8) is 0 Å². The highest BCUT2D eigenvalue weighted by Crippen LogP contribution is 2.45. The van der Waals surface area contributed by atoms with Gasteiger partial charge in [0.15, 0.2) is 0 Å². The van der Waals surface area contributed by atoms with Crippen molar-refractivity contribution < 1.29 is 0 Å². The molecule has 0 amide bonds. The lowest BCUT2D eigenvalue weighted by atomic mass is 9.85. The maximum Gasteiger partial charge on any atom is 0.0156 e. The highest BCUT2D eigenvalue weighted by molar-refractivity contribution is 4.99. The molecule has 1 N–H and O–H groups in total. The van der Waals surface area contributed by atoms with Crippen LogP contribution in [0.4, 0.5) is 0 Å². The molecule has 1 unspecified atom stereocenters. The molecule has 1 heterocycles. The molecule has 1 saturated heterocycles. The number of hydrogen-bond donors (Lipinski definition) is 1. The molecule has 1 aliphatic heterocycles. The Kier molecular flexibility index (Phi) is 1.31. The zero-order valence-corrected chi connectivity index (χ0v) is 6.98. The summed E-state index contributed by atoms with van der Waals surface area (Å²) in [6.45, 7) is 5.94. The molecule has 0 aromatic rings. The minimum Gasteiger partial charge on any atom is -0.311 e. The fourth-order valence-corrected chi connectivity index (χ4v) is 2.37. The van der Waals surface area contributed by atoms with Gasteiger partial charge in [0.25, 0.3) is 0 Å². The van der Waals surface area contributed by atoms with E-state index in [9.17, 15) is 0 Å². The fourth-order valence-electron chi connectivity index (χ4n) is 2.37. The summed E-state index contributed by atoms with van der Waals surface area (Å²) < 4.78 is 0. The molecule has 1 nitrogen and oxygen atoms in total. The molecule has 0 spiro atoms. The molecular formula is C9H17N. The Labute approximate surface area is 63.2 Å². The van der Waals surface area contributed by atoms with Gasteiger partial charge in [-0.3, -0.25) is 0 Å². The lowest BCUT2D eigenvalue weighted by Crippen LogP contribution is -2.38. The van der Waals surface area contributed by atoms with Crippen LogP contribution in [0.2, 0.25) is 0 Å². The molecule has 0 bridgehead atoms. The maximum absolute atomic E-state index is 3.57. The second-order valence-corrected chi connectivity index (χ2v) is 4.38. The molecule has 1 heteroatoms. The van der Waals surface area contributed by atoms with Gasteiger partial charge in [-0.15, -0.1) is 0 Å². The molecule has 1 saturated carbocycles. The van der Waals surface area contributed by atoms with Crippen LogP contribution >= 0.6 is 0 Å². The van der Waals surface area contributed by atoms with E-state index in [-0.39, 0.29) is 0 Å². The maximum atomic E-state index is 3.57. The first kappa shape index (κ1) is 6.66. The van der Waals surface area contributed by atoms with Crippen LogP contribution in [-0.2, 0) is 0 Å². The van der Waals surface area contributed by atoms with Crippen molar-refractivity contribution in [1.82, 2.24) is 5.32 Å². The lowest BCUT2D eigenvalue weighted by molar-refractivity contribution is 0.301. The van der Waals surface area contributed by atoms with E-state index >= 15 is 0 Å². The topological polar surface area (TPSA) is 12.0 Å². The molecule has 58 valence electrons. The van der Waals surface area contributed by atoms with Crippen molar-refractivity contribution in [3.05, 3.63) is 0 Å². The SMILES string of the molecule is CC1(C)NCCC1C1CC1. The van der Waals surface area contributed by atoms with Crippen molar-refractivity contribution in [2.45, 2.75) is 38.6 Å². The quantitative estimate of drug-likeness (QED) is 0.584. The van der Waals surface area contributed by atoms with Gasteiger partial charge in [-0.25, -0.2) is 0 Å². The summed E-state index contributed by atoms with van der Waals surface area (Å²) in [4.78, 5) is 0. The van der Waals surface area contributed by atoms with Gasteiger partial charge in [-0.05, 0) is 51.5 Å². The van der Waals surface area contributed by atoms with Crippen LogP contribution in [0.5, 0.6) is 0 Å². The van der Waals surface area contributed by atoms with Gasteiger partial charge >= 0.3 is 0 Å². The molecule has 2 fully saturated rings. The zero-order chi connectivity index (χ0) is 7.19. The van der Waals surface area contributed by atoms with Gasteiger partial charge in [-0.2, -0.15) is 0 Å². The van der Waals surface area contributed by atoms with Crippen LogP contribution in [0.3, 0.4) is 0 Å². The van der Waals surface area contributed by atoms with Crippen LogP contribution in [0.1, 0.15) is 33.1 Å². The predicted octanol–water partition coefficient (Wildman–Crippen LogP) is 1.78. The van der Waals surface area contributed by atoms with E-state index in [1.807, 2.05) is 0 Å². The highest BCUT2D eigenvalue weighted by atomic mass is 15.0. The highest BCUT2D eigenvalue weighted by Gasteiger charge is 2.43. The van der Waals surface area contributed by atoms with E-state index in [1.165, 1.54) is 25.8 Å². The van der Waals surface area contributed by atoms with Crippen molar-refractivity contribution in [2.24, 2.45) is 11.8 Å². The Morgan fingerprint density at radius 1 is 1.20 bits per heavy atom. The van der Waals surface area contributed by atoms with E-state index in [2.05, 4.69) is 19.2 Å². The second kappa shape index (κ2) is 1.97. The monoisotopic (exact) mass is 139 g/mol. The van der Waals surface area contributed by atoms with Gasteiger partial charge in [0.2, 0.25) is 0 Å². The summed E-state index contributed by atoms with van der Waals surface area (Å²) in [5.74, 6) is 2.05. The Morgan fingerprint density at radius 3 is 2.30 bits per heavy atom. The summed E-state index contributed by atoms with van der Waals surface area (Å²) in [6, 6.07) is 0. The fraction of sp³-hybridized carbons (Fsp3) is 1.00. The van der Waals surface area contributed by atoms with Crippen LogP contribution in [0, 0.1) is 11.8 Å². The van der Waals surface area contributed by atoms with Crippen LogP contribution < -0.4 is 5.32 Å². The smallest absolute Gasteiger partial charge is 0.0156 e. The summed E-state index contributed by atoms with van der Waals surface area (Å²) in [5.41, 5.74) is 0.446. The van der Waals surface area contributed by atoms with Gasteiger partial charge < -0.3 is 5.32 Å². The first-order chi connectivity index (χ1) is 4.70. The lowest BCUT2D eigenvalue weighted by Gasteiger charge is -2.26. The molecule has 10 heavy (non-hydrogen) atoms. The molecule has 0 aromatic heterocycles. The summed E-state index contributed by atoms with van der Waals surface area (Å²) >= 11 is 0. The molecule has 0 radical (unpaired) electrons. The summed E-state index contributed by atoms with van der Waals surface area (Å²) in [6.07, 6.45) is 4.41. The Bertz CT molecular complexity index is 136. The molecule has 1 atom stereocenters. The summed E-state index contributed by atoms with van der Waals surface area (Å²) in [5, 5.41) is 3.57. The molecule has 1 aliphatic carbocycles. The largest absolute Gasteiger partial charge is 0.311 e. The number of nitrogens with one attached hydrogen (secondary N) is 1. The molecular weight excluding hydrogens is 122 g/mol. The molecule has 2 rings (SSSR count). The van der Waals surface area contributed by atoms with Crippen molar-refractivity contribution in [1.29, 1.82) is 0 Å². The van der Waals surface area contributed by atoms with Crippen molar-refractivity contribution in [3.8, 4) is 0 Å². The van der Waals surface area contributed by atoms with E-state index in [1.54, 1.807) is 0 Å². The minimum absolute atomic E-state index is 0.446. The Hall–Kier alpha value is -0.0400. The van der Waals surface area contributed by atoms with Crippen LogP contribution in [0.15, 0.2) is 0 Å². The average Bonchev–Trinajstić information content (AvgIpc) is 2.58. The van der Waals surface area contributed by atoms with Gasteiger partial charge in [-0.1, -0.05) is 0 Å². The van der Waals surface area contributed by atoms with Crippen molar-refractivity contribution >= 4 is 0 Å². The van der Waals surface area contributed by atoms with E-state index in [0.717, 1.165) is 11.8 Å². The Morgan fingerprint density at radius 2 is 1.90 bits per heavy atom. The summed E-state index contributed by atoms with van der Waals surface area (Å²) in [7, 11) is 0. The van der Waals surface area contributed by atoms with E-state index < -0.39 is 0 Å². The van der Waals surface area contributed by atoms with E-state index in [0.29, 0.717) is 5.54 Å². The minimum atomic E-state index is 0.446. The molecule has 0 aromatic carbocycles. The van der Waals surface area contributed by atoms with E-state index in [4.69, 9.17) is 0 Å². The third-order valence-corrected chi connectivity index (χ3v) is 3.15. The number of hydrogen-bond acceptors (Lipinski definition) is 1. The Balaban J connectivity index is 2.05. The van der Waals surface area contributed by atoms with Crippen LogP contribution in [-0.4, -0.2) is 12.1 Å². The van der Waals surface area contributed by atoms with Gasteiger partial charge in [0.05, 0.1) is 0 Å². The zero-order valence-electron chi connectivity index (χ0n) is 6.98. The third kappa shape index (κ3) is 0.968. The second-order valence-electron chi connectivity index (χ2n) is 4.38. The van der Waals surface area contributed by atoms with Gasteiger partial charge in [0, 0.05) is 5.54 Å². The molecule has 2 aliphatic rings. The van der Waals surface area contributed by atoms with Crippen molar-refractivity contribution in [2.75, 3.05) is 6.54 Å². The normalized spacial score (nSPS) is 38.4.